The Morgan fingerprint density at radius 1 is 1.07 bits per heavy atom. The van der Waals surface area contributed by atoms with E-state index in [9.17, 15) is 13.2 Å². The summed E-state index contributed by atoms with van der Waals surface area (Å²) in [6.45, 7) is 4.61. The van der Waals surface area contributed by atoms with Crippen LogP contribution in [0.1, 0.15) is 43.5 Å². The fourth-order valence-corrected chi connectivity index (χ4v) is 3.74. The molecule has 152 valence electrons. The highest BCUT2D eigenvalue weighted by atomic mass is 35.5. The summed E-state index contributed by atoms with van der Waals surface area (Å²) in [5.41, 5.74) is 0.691. The first-order chi connectivity index (χ1) is 13.4. The van der Waals surface area contributed by atoms with E-state index in [2.05, 4.69) is 17.0 Å². The molecule has 0 atom stereocenters. The molecule has 2 aromatic carbocycles. The quantitative estimate of drug-likeness (QED) is 0.551. The first kappa shape index (κ1) is 22.2. The summed E-state index contributed by atoms with van der Waals surface area (Å²) in [4.78, 5) is 12.6. The fourth-order valence-electron chi connectivity index (χ4n) is 2.52. The van der Waals surface area contributed by atoms with Crippen LogP contribution in [-0.2, 0) is 10.0 Å². The summed E-state index contributed by atoms with van der Waals surface area (Å²) in [7, 11) is -3.68. The Balaban J connectivity index is 2.24. The second-order valence-electron chi connectivity index (χ2n) is 6.16. The van der Waals surface area contributed by atoms with Crippen molar-refractivity contribution in [1.29, 1.82) is 0 Å². The number of unbranched alkanes of at least 4 members (excludes halogenated alkanes) is 2. The molecule has 2 N–H and O–H groups in total. The molecule has 8 heteroatoms. The van der Waals surface area contributed by atoms with Crippen LogP contribution < -0.4 is 14.8 Å². The van der Waals surface area contributed by atoms with E-state index in [1.54, 1.807) is 30.3 Å². The van der Waals surface area contributed by atoms with Crippen LogP contribution in [0.4, 0.5) is 5.69 Å². The molecule has 0 aliphatic carbocycles. The number of hydrogen-bond acceptors (Lipinski definition) is 4. The number of ether oxygens (including phenoxy) is 1. The zero-order valence-corrected chi connectivity index (χ0v) is 17.6. The highest BCUT2D eigenvalue weighted by Gasteiger charge is 2.18. The minimum Gasteiger partial charge on any atom is -0.492 e. The zero-order chi connectivity index (χ0) is 20.6. The van der Waals surface area contributed by atoms with Crippen LogP contribution >= 0.6 is 11.6 Å². The molecule has 0 aliphatic rings. The number of amides is 1. The van der Waals surface area contributed by atoms with Crippen molar-refractivity contribution < 1.29 is 17.9 Å². The van der Waals surface area contributed by atoms with E-state index in [0.29, 0.717) is 35.2 Å². The lowest BCUT2D eigenvalue weighted by Crippen LogP contribution is -2.25. The molecule has 0 fully saturated rings. The van der Waals surface area contributed by atoms with Gasteiger partial charge >= 0.3 is 0 Å². The minimum atomic E-state index is -3.68. The molecule has 0 saturated heterocycles. The molecule has 0 heterocycles. The summed E-state index contributed by atoms with van der Waals surface area (Å²) in [5.74, 6) is 0.0119. The van der Waals surface area contributed by atoms with E-state index in [0.717, 1.165) is 19.3 Å². The van der Waals surface area contributed by atoms with Gasteiger partial charge in [0, 0.05) is 17.1 Å². The molecule has 28 heavy (non-hydrogen) atoms. The van der Waals surface area contributed by atoms with Crippen LogP contribution in [0.3, 0.4) is 0 Å². The molecule has 2 aromatic rings. The maximum absolute atomic E-state index is 12.5. The Kier molecular flexibility index (Phi) is 8.29. The van der Waals surface area contributed by atoms with Gasteiger partial charge in [-0.15, -0.1) is 0 Å². The predicted octanol–water partition coefficient (Wildman–Crippen LogP) is 4.46. The fraction of sp³-hybridized carbons (Fsp3) is 0.350. The number of sulfonamides is 1. The number of rotatable bonds is 10. The van der Waals surface area contributed by atoms with Crippen LogP contribution in [0.2, 0.25) is 5.02 Å². The van der Waals surface area contributed by atoms with Gasteiger partial charge in [-0.3, -0.25) is 4.79 Å². The molecule has 2 rings (SSSR count). The van der Waals surface area contributed by atoms with Gasteiger partial charge in [0.15, 0.2) is 0 Å². The Labute approximate surface area is 171 Å². The van der Waals surface area contributed by atoms with E-state index in [4.69, 9.17) is 16.3 Å². The molecule has 1 amide bonds. The van der Waals surface area contributed by atoms with Crippen LogP contribution in [-0.4, -0.2) is 27.5 Å². The van der Waals surface area contributed by atoms with E-state index < -0.39 is 10.0 Å². The van der Waals surface area contributed by atoms with Gasteiger partial charge in [0.05, 0.1) is 17.2 Å². The lowest BCUT2D eigenvalue weighted by molar-refractivity contribution is 0.102. The van der Waals surface area contributed by atoms with Crippen molar-refractivity contribution in [2.45, 2.75) is 38.0 Å². The van der Waals surface area contributed by atoms with Crippen molar-refractivity contribution in [3.8, 4) is 5.75 Å². The number of benzene rings is 2. The third kappa shape index (κ3) is 6.22. The Morgan fingerprint density at radius 3 is 2.43 bits per heavy atom. The van der Waals surface area contributed by atoms with Gasteiger partial charge in [0.2, 0.25) is 10.0 Å². The summed E-state index contributed by atoms with van der Waals surface area (Å²) in [6.07, 6.45) is 2.73. The Bertz CT molecular complexity index is 899. The van der Waals surface area contributed by atoms with E-state index >= 15 is 0 Å². The van der Waals surface area contributed by atoms with E-state index in [-0.39, 0.29) is 10.8 Å². The molecular weight excluding hydrogens is 400 g/mol. The van der Waals surface area contributed by atoms with E-state index in [1.165, 1.54) is 12.1 Å². The monoisotopic (exact) mass is 424 g/mol. The molecule has 0 saturated carbocycles. The molecule has 0 radical (unpaired) electrons. The van der Waals surface area contributed by atoms with Gasteiger partial charge in [-0.2, -0.15) is 0 Å². The van der Waals surface area contributed by atoms with Gasteiger partial charge in [0.25, 0.3) is 5.91 Å². The number of hydrogen-bond donors (Lipinski definition) is 2. The van der Waals surface area contributed by atoms with Crippen LogP contribution in [0.25, 0.3) is 0 Å². The molecule has 0 bridgehead atoms. The van der Waals surface area contributed by atoms with Gasteiger partial charge in [-0.25, -0.2) is 13.1 Å². The van der Waals surface area contributed by atoms with Crippen molar-refractivity contribution >= 4 is 33.2 Å². The molecule has 0 spiro atoms. The van der Waals surface area contributed by atoms with Crippen molar-refractivity contribution in [2.24, 2.45) is 0 Å². The molecule has 6 nitrogen and oxygen atoms in total. The maximum Gasteiger partial charge on any atom is 0.255 e. The van der Waals surface area contributed by atoms with Gasteiger partial charge in [0.1, 0.15) is 5.75 Å². The van der Waals surface area contributed by atoms with Crippen LogP contribution in [0.5, 0.6) is 5.75 Å². The van der Waals surface area contributed by atoms with Crippen molar-refractivity contribution in [3.63, 3.8) is 0 Å². The molecule has 0 aliphatic heterocycles. The number of nitrogens with one attached hydrogen (secondary N) is 2. The minimum absolute atomic E-state index is 0.0684. The van der Waals surface area contributed by atoms with E-state index in [1.807, 2.05) is 6.92 Å². The topological polar surface area (TPSA) is 84.5 Å². The lowest BCUT2D eigenvalue weighted by Gasteiger charge is -2.14. The van der Waals surface area contributed by atoms with Crippen molar-refractivity contribution in [1.82, 2.24) is 4.72 Å². The first-order valence-electron chi connectivity index (χ1n) is 9.20. The standard InChI is InChI=1S/C20H25ClN2O4S/c1-3-5-6-13-22-28(25,26)17-11-12-19(27-4-2)18(14-17)23-20(24)15-7-9-16(21)10-8-15/h7-12,14,22H,3-6,13H2,1-2H3,(H,23,24). The summed E-state index contributed by atoms with van der Waals surface area (Å²) in [6, 6.07) is 10.8. The summed E-state index contributed by atoms with van der Waals surface area (Å²) < 4.78 is 33.2. The third-order valence-corrected chi connectivity index (χ3v) is 5.70. The summed E-state index contributed by atoms with van der Waals surface area (Å²) in [5, 5.41) is 3.24. The highest BCUT2D eigenvalue weighted by Crippen LogP contribution is 2.28. The largest absolute Gasteiger partial charge is 0.492 e. The lowest BCUT2D eigenvalue weighted by atomic mass is 10.2. The molecule has 0 aromatic heterocycles. The van der Waals surface area contributed by atoms with Gasteiger partial charge < -0.3 is 10.1 Å². The Morgan fingerprint density at radius 2 is 1.79 bits per heavy atom. The average molecular weight is 425 g/mol. The second-order valence-corrected chi connectivity index (χ2v) is 8.36. The molecule has 0 unspecified atom stereocenters. The maximum atomic E-state index is 12.5. The predicted molar refractivity (Wildman–Crippen MR) is 112 cm³/mol. The average Bonchev–Trinajstić information content (AvgIpc) is 2.67. The third-order valence-electron chi connectivity index (χ3n) is 3.99. The van der Waals surface area contributed by atoms with Gasteiger partial charge in [-0.1, -0.05) is 31.4 Å². The van der Waals surface area contributed by atoms with Crippen LogP contribution in [0, 0.1) is 0 Å². The first-order valence-corrected chi connectivity index (χ1v) is 11.1. The van der Waals surface area contributed by atoms with Crippen molar-refractivity contribution in [3.05, 3.63) is 53.1 Å². The van der Waals surface area contributed by atoms with Crippen LogP contribution in [0.15, 0.2) is 47.4 Å². The normalized spacial score (nSPS) is 11.2. The molecular formula is C20H25ClN2O4S. The number of carbonyl (C=O) groups excluding carboxylic acids is 1. The zero-order valence-electron chi connectivity index (χ0n) is 16.0. The second kappa shape index (κ2) is 10.5. The highest BCUT2D eigenvalue weighted by molar-refractivity contribution is 7.89. The van der Waals surface area contributed by atoms with Crippen molar-refractivity contribution in [2.75, 3.05) is 18.5 Å². The smallest absolute Gasteiger partial charge is 0.255 e. The Hall–Kier alpha value is -2.09. The SMILES string of the molecule is CCCCCNS(=O)(=O)c1ccc(OCC)c(NC(=O)c2ccc(Cl)cc2)c1. The summed E-state index contributed by atoms with van der Waals surface area (Å²) >= 11 is 5.85. The van der Waals surface area contributed by atoms with Gasteiger partial charge in [-0.05, 0) is 55.8 Å². The number of anilines is 1. The number of halogens is 1. The number of carbonyl (C=O) groups is 1.